The van der Waals surface area contributed by atoms with Gasteiger partial charge >= 0.3 is 0 Å². The normalized spacial score (nSPS) is 7.33. The second kappa shape index (κ2) is 4.45. The fraction of sp³-hybridized carbons (Fsp3) is 0.500. The molecule has 32 valence electrons. The molecule has 2 nitrogen and oxygen atoms in total. The zero-order valence-electron chi connectivity index (χ0n) is 3.44. The van der Waals surface area contributed by atoms with E-state index in [1.54, 1.807) is 0 Å². The Hall–Kier alpha value is -0.550. The zero-order valence-corrected chi connectivity index (χ0v) is 3.44. The Kier molecular flexibility index (Phi) is 4.04. The molecule has 0 saturated heterocycles. The Morgan fingerprint density at radius 2 is 2.50 bits per heavy atom. The molecule has 2 radical (unpaired) electrons. The molecule has 2 heteroatoms. The van der Waals surface area contributed by atoms with E-state index in [1.807, 2.05) is 6.07 Å². The van der Waals surface area contributed by atoms with Crippen molar-refractivity contribution in [1.82, 2.24) is 5.32 Å². The highest BCUT2D eigenvalue weighted by Crippen LogP contribution is 1.64. The van der Waals surface area contributed by atoms with E-state index in [1.165, 1.54) is 0 Å². The van der Waals surface area contributed by atoms with Crippen LogP contribution in [-0.2, 0) is 0 Å². The second-order valence-electron chi connectivity index (χ2n) is 0.862. The van der Waals surface area contributed by atoms with Gasteiger partial charge in [0.1, 0.15) is 0 Å². The Bertz CT molecular complexity index is 53.1. The van der Waals surface area contributed by atoms with Crippen LogP contribution in [0.3, 0.4) is 0 Å². The van der Waals surface area contributed by atoms with Crippen molar-refractivity contribution in [2.75, 3.05) is 6.54 Å². The lowest BCUT2D eigenvalue weighted by molar-refractivity contribution is 0.855. The van der Waals surface area contributed by atoms with E-state index in [2.05, 4.69) is 5.32 Å². The van der Waals surface area contributed by atoms with E-state index in [0.717, 1.165) is 0 Å². The summed E-state index contributed by atoms with van der Waals surface area (Å²) in [4.78, 5) is 0. The molecule has 0 amide bonds. The molecule has 0 aliphatic carbocycles. The van der Waals surface area contributed by atoms with Crippen molar-refractivity contribution >= 4 is 0 Å². The maximum absolute atomic E-state index is 7.85. The van der Waals surface area contributed by atoms with Crippen molar-refractivity contribution in [2.45, 2.75) is 6.42 Å². The quantitative estimate of drug-likeness (QED) is 0.380. The molecule has 0 heterocycles. The first-order valence-electron chi connectivity index (χ1n) is 1.72. The van der Waals surface area contributed by atoms with Gasteiger partial charge in [0.15, 0.2) is 0 Å². The summed E-state index contributed by atoms with van der Waals surface area (Å²) in [7, 11) is 4.81. The molecule has 0 unspecified atom stereocenters. The lowest BCUT2D eigenvalue weighted by Crippen LogP contribution is -2.02. The van der Waals surface area contributed by atoms with E-state index < -0.39 is 0 Å². The van der Waals surface area contributed by atoms with Crippen molar-refractivity contribution in [2.24, 2.45) is 0 Å². The summed E-state index contributed by atoms with van der Waals surface area (Å²) in [6, 6.07) is 1.93. The number of nitriles is 1. The highest BCUT2D eigenvalue weighted by atomic mass is 14.8. The van der Waals surface area contributed by atoms with E-state index in [9.17, 15) is 0 Å². The van der Waals surface area contributed by atoms with Gasteiger partial charge in [0, 0.05) is 20.0 Å². The zero-order chi connectivity index (χ0) is 4.83. The number of nitrogens with zero attached hydrogens (tertiary/aromatic N) is 1. The van der Waals surface area contributed by atoms with Crippen LogP contribution in [0.25, 0.3) is 0 Å². The van der Waals surface area contributed by atoms with Gasteiger partial charge in [-0.05, 0) is 0 Å². The first-order chi connectivity index (χ1) is 2.91. The summed E-state index contributed by atoms with van der Waals surface area (Å²) in [5.74, 6) is 0. The van der Waals surface area contributed by atoms with Crippen molar-refractivity contribution in [3.8, 4) is 6.07 Å². The first-order valence-corrected chi connectivity index (χ1v) is 1.72. The number of nitrogens with one attached hydrogen (secondary N) is 1. The van der Waals surface area contributed by atoms with Crippen LogP contribution < -0.4 is 5.32 Å². The monoisotopic (exact) mass is 82.1 g/mol. The number of rotatable bonds is 2. The Labute approximate surface area is 37.8 Å². The maximum atomic E-state index is 7.85. The van der Waals surface area contributed by atoms with Crippen LogP contribution in [0.15, 0.2) is 0 Å². The average Bonchev–Trinajstić information content (AvgIpc) is 1.61. The van der Waals surface area contributed by atoms with Gasteiger partial charge in [-0.15, -0.1) is 0 Å². The van der Waals surface area contributed by atoms with Crippen molar-refractivity contribution in [3.63, 3.8) is 0 Å². The van der Waals surface area contributed by atoms with Gasteiger partial charge in [0.25, 0.3) is 0 Å². The van der Waals surface area contributed by atoms with Crippen LogP contribution in [0.1, 0.15) is 6.42 Å². The van der Waals surface area contributed by atoms with E-state index in [-0.39, 0.29) is 0 Å². The average molecular weight is 82.1 g/mol. The summed E-state index contributed by atoms with van der Waals surface area (Å²) in [5, 5.41) is 10.2. The summed E-state index contributed by atoms with van der Waals surface area (Å²) >= 11 is 0. The third kappa shape index (κ3) is 3.45. The Morgan fingerprint density at radius 1 is 1.83 bits per heavy atom. The van der Waals surface area contributed by atoms with Gasteiger partial charge in [0.2, 0.25) is 0 Å². The molecular formula is C4H6N2. The minimum Gasteiger partial charge on any atom is -0.310 e. The SMILES string of the molecule is [CH]NCCC#N. The van der Waals surface area contributed by atoms with Crippen LogP contribution in [-0.4, -0.2) is 6.54 Å². The van der Waals surface area contributed by atoms with E-state index in [4.69, 9.17) is 12.3 Å². The summed E-state index contributed by atoms with van der Waals surface area (Å²) in [5.41, 5.74) is 0. The van der Waals surface area contributed by atoms with Crippen LogP contribution >= 0.6 is 0 Å². The van der Waals surface area contributed by atoms with Crippen LogP contribution in [0.2, 0.25) is 0 Å². The molecular weight excluding hydrogens is 76.1 g/mol. The molecule has 0 atom stereocenters. The van der Waals surface area contributed by atoms with Gasteiger partial charge in [-0.3, -0.25) is 0 Å². The summed E-state index contributed by atoms with van der Waals surface area (Å²) in [6.07, 6.45) is 0.483. The number of hydrogen-bond donors (Lipinski definition) is 1. The molecule has 0 aliphatic rings. The molecule has 0 rings (SSSR count). The fourth-order valence-corrected chi connectivity index (χ4v) is 0.128. The first kappa shape index (κ1) is 5.45. The highest BCUT2D eigenvalue weighted by molar-refractivity contribution is 4.69. The van der Waals surface area contributed by atoms with Gasteiger partial charge in [0.05, 0.1) is 6.07 Å². The summed E-state index contributed by atoms with van der Waals surface area (Å²) < 4.78 is 0. The lowest BCUT2D eigenvalue weighted by atomic mass is 10.5. The van der Waals surface area contributed by atoms with Crippen molar-refractivity contribution in [1.29, 1.82) is 5.26 Å². The molecule has 0 bridgehead atoms. The third-order valence-electron chi connectivity index (χ3n) is 0.381. The second-order valence-corrected chi connectivity index (χ2v) is 0.862. The lowest BCUT2D eigenvalue weighted by Gasteiger charge is -1.81. The van der Waals surface area contributed by atoms with Crippen molar-refractivity contribution < 1.29 is 0 Å². The van der Waals surface area contributed by atoms with Gasteiger partial charge in [-0.25, -0.2) is 0 Å². The summed E-state index contributed by atoms with van der Waals surface area (Å²) in [6.45, 7) is 0.580. The van der Waals surface area contributed by atoms with Crippen LogP contribution in [0.4, 0.5) is 0 Å². The van der Waals surface area contributed by atoms with Gasteiger partial charge in [-0.2, -0.15) is 5.26 Å². The molecule has 6 heavy (non-hydrogen) atoms. The van der Waals surface area contributed by atoms with E-state index >= 15 is 0 Å². The highest BCUT2D eigenvalue weighted by Gasteiger charge is 1.72. The van der Waals surface area contributed by atoms with Crippen LogP contribution in [0.5, 0.6) is 0 Å². The largest absolute Gasteiger partial charge is 0.310 e. The molecule has 0 aliphatic heterocycles. The molecule has 0 aromatic rings. The molecule has 1 N–H and O–H groups in total. The van der Waals surface area contributed by atoms with Crippen molar-refractivity contribution in [3.05, 3.63) is 7.05 Å². The topological polar surface area (TPSA) is 35.8 Å². The predicted octanol–water partition coefficient (Wildman–Crippen LogP) is 0.158. The molecule has 0 aromatic carbocycles. The molecule has 0 fully saturated rings. The molecule has 0 saturated carbocycles. The Balaban J connectivity index is 2.54. The molecule has 0 spiro atoms. The maximum Gasteiger partial charge on any atom is 0.0635 e. The van der Waals surface area contributed by atoms with E-state index in [0.29, 0.717) is 13.0 Å². The minimum atomic E-state index is 0.483. The third-order valence-corrected chi connectivity index (χ3v) is 0.381. The minimum absolute atomic E-state index is 0.483. The molecule has 0 aromatic heterocycles. The Morgan fingerprint density at radius 3 is 2.67 bits per heavy atom. The predicted molar refractivity (Wildman–Crippen MR) is 22.5 cm³/mol. The standard InChI is InChI=1S/C4H6N2/c1-6-4-2-3-5/h1,6H,2,4H2. The van der Waals surface area contributed by atoms with Gasteiger partial charge < -0.3 is 5.32 Å². The van der Waals surface area contributed by atoms with Gasteiger partial charge in [-0.1, -0.05) is 0 Å². The smallest absolute Gasteiger partial charge is 0.0635 e. The van der Waals surface area contributed by atoms with Crippen LogP contribution in [0, 0.1) is 18.4 Å². The fourth-order valence-electron chi connectivity index (χ4n) is 0.128. The number of hydrogen-bond acceptors (Lipinski definition) is 2.